The number of hydrogen-bond acceptors (Lipinski definition) is 2. The molecule has 2 aliphatic rings. The van der Waals surface area contributed by atoms with Crippen molar-refractivity contribution < 1.29 is 0 Å². The van der Waals surface area contributed by atoms with E-state index in [2.05, 4.69) is 24.8 Å². The molecule has 3 unspecified atom stereocenters. The Bertz CT molecular complexity index is 277. The molecule has 2 rings (SSSR count). The van der Waals surface area contributed by atoms with Gasteiger partial charge >= 0.3 is 0 Å². The minimum Gasteiger partial charge on any atom is -0.198 e. The standard InChI is InChI=1S/C16H27NS/c1-2-5-13-8-9-15(11-17)16(10-13)18-12-14-6-3-4-7-14/h13-16H,2-10,12H2,1H3. The second-order valence-corrected chi connectivity index (χ2v) is 7.50. The summed E-state index contributed by atoms with van der Waals surface area (Å²) in [4.78, 5) is 0. The number of rotatable bonds is 5. The van der Waals surface area contributed by atoms with Crippen LogP contribution in [0, 0.1) is 29.1 Å². The van der Waals surface area contributed by atoms with Gasteiger partial charge in [-0.2, -0.15) is 17.0 Å². The topological polar surface area (TPSA) is 23.8 Å². The van der Waals surface area contributed by atoms with Crippen molar-refractivity contribution in [3.05, 3.63) is 0 Å². The molecule has 0 spiro atoms. The van der Waals surface area contributed by atoms with E-state index in [1.165, 1.54) is 57.1 Å². The minimum atomic E-state index is 0.338. The zero-order valence-electron chi connectivity index (χ0n) is 11.7. The normalized spacial score (nSPS) is 33.4. The van der Waals surface area contributed by atoms with Gasteiger partial charge < -0.3 is 0 Å². The average molecular weight is 265 g/mol. The molecular weight excluding hydrogens is 238 g/mol. The maximum atomic E-state index is 9.31. The Balaban J connectivity index is 1.79. The van der Waals surface area contributed by atoms with Crippen LogP contribution in [0.4, 0.5) is 0 Å². The largest absolute Gasteiger partial charge is 0.198 e. The van der Waals surface area contributed by atoms with Crippen LogP contribution in [-0.2, 0) is 0 Å². The number of nitrogens with zero attached hydrogens (tertiary/aromatic N) is 1. The van der Waals surface area contributed by atoms with Crippen LogP contribution in [0.3, 0.4) is 0 Å². The van der Waals surface area contributed by atoms with Gasteiger partial charge in [-0.3, -0.25) is 0 Å². The highest BCUT2D eigenvalue weighted by atomic mass is 32.2. The van der Waals surface area contributed by atoms with E-state index in [0.29, 0.717) is 11.2 Å². The van der Waals surface area contributed by atoms with Gasteiger partial charge in [0.15, 0.2) is 0 Å². The lowest BCUT2D eigenvalue weighted by Gasteiger charge is -2.32. The van der Waals surface area contributed by atoms with Crippen molar-refractivity contribution in [3.8, 4) is 6.07 Å². The van der Waals surface area contributed by atoms with Crippen molar-refractivity contribution in [2.45, 2.75) is 70.0 Å². The molecule has 18 heavy (non-hydrogen) atoms. The molecule has 0 radical (unpaired) electrons. The van der Waals surface area contributed by atoms with E-state index >= 15 is 0 Å². The number of thioether (sulfide) groups is 1. The molecule has 0 heterocycles. The Morgan fingerprint density at radius 1 is 1.11 bits per heavy atom. The van der Waals surface area contributed by atoms with Gasteiger partial charge in [0.2, 0.25) is 0 Å². The first-order valence-electron chi connectivity index (χ1n) is 7.84. The summed E-state index contributed by atoms with van der Waals surface area (Å²) in [5.41, 5.74) is 0. The van der Waals surface area contributed by atoms with Crippen LogP contribution in [-0.4, -0.2) is 11.0 Å². The van der Waals surface area contributed by atoms with E-state index in [9.17, 15) is 5.26 Å². The van der Waals surface area contributed by atoms with Crippen LogP contribution in [0.5, 0.6) is 0 Å². The predicted octanol–water partition coefficient (Wildman–Crippen LogP) is 5.02. The van der Waals surface area contributed by atoms with Crippen LogP contribution in [0.25, 0.3) is 0 Å². The smallest absolute Gasteiger partial charge is 0.0667 e. The Labute approximate surface area is 117 Å². The highest BCUT2D eigenvalue weighted by Gasteiger charge is 2.31. The SMILES string of the molecule is CCCC1CCC(C#N)C(SCC2CCCC2)C1. The molecule has 0 aromatic rings. The summed E-state index contributed by atoms with van der Waals surface area (Å²) in [6.07, 6.45) is 12.2. The third-order valence-electron chi connectivity index (χ3n) is 4.78. The Morgan fingerprint density at radius 3 is 2.56 bits per heavy atom. The van der Waals surface area contributed by atoms with Crippen molar-refractivity contribution in [3.63, 3.8) is 0 Å². The Morgan fingerprint density at radius 2 is 1.89 bits per heavy atom. The molecule has 2 saturated carbocycles. The first-order valence-corrected chi connectivity index (χ1v) is 8.89. The maximum Gasteiger partial charge on any atom is 0.0667 e. The fourth-order valence-corrected chi connectivity index (χ4v) is 5.34. The van der Waals surface area contributed by atoms with E-state index in [0.717, 1.165) is 18.3 Å². The molecule has 2 fully saturated rings. The quantitative estimate of drug-likeness (QED) is 0.697. The molecule has 2 aliphatic carbocycles. The van der Waals surface area contributed by atoms with Gasteiger partial charge in [-0.15, -0.1) is 0 Å². The van der Waals surface area contributed by atoms with E-state index < -0.39 is 0 Å². The van der Waals surface area contributed by atoms with Gasteiger partial charge in [0.25, 0.3) is 0 Å². The highest BCUT2D eigenvalue weighted by molar-refractivity contribution is 7.99. The zero-order chi connectivity index (χ0) is 12.8. The molecule has 0 aromatic heterocycles. The van der Waals surface area contributed by atoms with Crippen LogP contribution in [0.15, 0.2) is 0 Å². The predicted molar refractivity (Wildman–Crippen MR) is 79.6 cm³/mol. The molecular formula is C16H27NS. The summed E-state index contributed by atoms with van der Waals surface area (Å²) >= 11 is 2.13. The van der Waals surface area contributed by atoms with Crippen molar-refractivity contribution in [1.82, 2.24) is 0 Å². The van der Waals surface area contributed by atoms with E-state index in [-0.39, 0.29) is 0 Å². The fourth-order valence-electron chi connectivity index (χ4n) is 3.65. The first kappa shape index (κ1) is 14.3. The molecule has 102 valence electrons. The van der Waals surface area contributed by atoms with E-state index in [4.69, 9.17) is 0 Å². The maximum absolute atomic E-state index is 9.31. The lowest BCUT2D eigenvalue weighted by atomic mass is 9.80. The number of nitriles is 1. The van der Waals surface area contributed by atoms with Crippen molar-refractivity contribution in [2.75, 3.05) is 5.75 Å². The van der Waals surface area contributed by atoms with E-state index in [1.54, 1.807) is 0 Å². The van der Waals surface area contributed by atoms with Gasteiger partial charge in [-0.05, 0) is 49.7 Å². The lowest BCUT2D eigenvalue weighted by molar-refractivity contribution is 0.306. The summed E-state index contributed by atoms with van der Waals surface area (Å²) in [5.74, 6) is 3.52. The first-order chi connectivity index (χ1) is 8.83. The summed E-state index contributed by atoms with van der Waals surface area (Å²) in [5, 5.41) is 9.95. The highest BCUT2D eigenvalue weighted by Crippen LogP contribution is 2.40. The van der Waals surface area contributed by atoms with Gasteiger partial charge in [0.1, 0.15) is 0 Å². The van der Waals surface area contributed by atoms with Gasteiger partial charge in [0.05, 0.1) is 12.0 Å². The van der Waals surface area contributed by atoms with Crippen molar-refractivity contribution in [1.29, 1.82) is 5.26 Å². The monoisotopic (exact) mass is 265 g/mol. The molecule has 0 aliphatic heterocycles. The molecule has 2 heteroatoms. The Kier molecular flexibility index (Phi) is 5.89. The molecule has 3 atom stereocenters. The molecule has 0 aromatic carbocycles. The second kappa shape index (κ2) is 7.43. The summed E-state index contributed by atoms with van der Waals surface area (Å²) in [7, 11) is 0. The molecule has 0 saturated heterocycles. The molecule has 1 nitrogen and oxygen atoms in total. The Hall–Kier alpha value is -0.160. The van der Waals surface area contributed by atoms with Crippen LogP contribution in [0.2, 0.25) is 0 Å². The third-order valence-corrected chi connectivity index (χ3v) is 6.40. The van der Waals surface area contributed by atoms with Crippen LogP contribution >= 0.6 is 11.8 Å². The van der Waals surface area contributed by atoms with Crippen LogP contribution < -0.4 is 0 Å². The zero-order valence-corrected chi connectivity index (χ0v) is 12.6. The lowest BCUT2D eigenvalue weighted by Crippen LogP contribution is -2.27. The average Bonchev–Trinajstić information content (AvgIpc) is 2.90. The van der Waals surface area contributed by atoms with Gasteiger partial charge in [0, 0.05) is 5.25 Å². The summed E-state index contributed by atoms with van der Waals surface area (Å²) in [6, 6.07) is 2.57. The summed E-state index contributed by atoms with van der Waals surface area (Å²) in [6.45, 7) is 2.29. The molecule has 0 amide bonds. The minimum absolute atomic E-state index is 0.338. The molecule has 0 N–H and O–H groups in total. The van der Waals surface area contributed by atoms with Crippen LogP contribution in [0.1, 0.15) is 64.7 Å². The summed E-state index contributed by atoms with van der Waals surface area (Å²) < 4.78 is 0. The van der Waals surface area contributed by atoms with Gasteiger partial charge in [-0.25, -0.2) is 0 Å². The van der Waals surface area contributed by atoms with Crippen molar-refractivity contribution >= 4 is 11.8 Å². The third kappa shape index (κ3) is 3.92. The number of hydrogen-bond donors (Lipinski definition) is 0. The fraction of sp³-hybridized carbons (Fsp3) is 0.938. The van der Waals surface area contributed by atoms with Gasteiger partial charge in [-0.1, -0.05) is 32.6 Å². The second-order valence-electron chi connectivity index (χ2n) is 6.23. The van der Waals surface area contributed by atoms with E-state index in [1.807, 2.05) is 0 Å². The molecule has 0 bridgehead atoms. The van der Waals surface area contributed by atoms with Crippen molar-refractivity contribution in [2.24, 2.45) is 17.8 Å².